The molecule has 0 unspecified atom stereocenters. The second-order valence-corrected chi connectivity index (χ2v) is 4.47. The predicted molar refractivity (Wildman–Crippen MR) is 69.8 cm³/mol. The summed E-state index contributed by atoms with van der Waals surface area (Å²) >= 11 is 0. The topological polar surface area (TPSA) is 102 Å². The monoisotopic (exact) mass is 320 g/mol. The summed E-state index contributed by atoms with van der Waals surface area (Å²) in [4.78, 5) is 21.7. The Morgan fingerprint density at radius 1 is 1.36 bits per heavy atom. The van der Waals surface area contributed by atoms with Gasteiger partial charge in [-0.05, 0) is 24.1 Å². The van der Waals surface area contributed by atoms with Crippen molar-refractivity contribution < 1.29 is 32.6 Å². The van der Waals surface area contributed by atoms with Gasteiger partial charge in [-0.2, -0.15) is 0 Å². The van der Waals surface area contributed by atoms with E-state index in [1.165, 1.54) is 12.1 Å². The maximum absolute atomic E-state index is 12.1. The molecule has 0 aromatic heterocycles. The standard InChI is InChI=1S/C13H15F3N2O4/c14-13(15,16)22-9-3-1-2-8(6-9)7-18-10(12(20)21)4-5-11(17)19/h1-3,6,10,18H,4-5,7H2,(H2,17,19)(H,20,21)/t10-/m0/s1. The van der Waals surface area contributed by atoms with Gasteiger partial charge in [0.15, 0.2) is 0 Å². The fraction of sp³-hybridized carbons (Fsp3) is 0.385. The van der Waals surface area contributed by atoms with Gasteiger partial charge in [-0.25, -0.2) is 0 Å². The van der Waals surface area contributed by atoms with Crippen molar-refractivity contribution in [3.8, 4) is 5.75 Å². The summed E-state index contributed by atoms with van der Waals surface area (Å²) in [6.07, 6.45) is -4.91. The minimum Gasteiger partial charge on any atom is -0.480 e. The van der Waals surface area contributed by atoms with Crippen LogP contribution in [0.5, 0.6) is 5.75 Å². The number of carboxylic acid groups (broad SMARTS) is 1. The first-order valence-electron chi connectivity index (χ1n) is 6.26. The Hall–Kier alpha value is -2.29. The Bertz CT molecular complexity index is 534. The van der Waals surface area contributed by atoms with E-state index in [9.17, 15) is 22.8 Å². The first kappa shape index (κ1) is 17.8. The molecule has 0 aliphatic rings. The van der Waals surface area contributed by atoms with E-state index in [2.05, 4.69) is 10.1 Å². The van der Waals surface area contributed by atoms with Crippen LogP contribution in [0.25, 0.3) is 0 Å². The Morgan fingerprint density at radius 2 is 2.05 bits per heavy atom. The highest BCUT2D eigenvalue weighted by Gasteiger charge is 2.31. The Labute approximate surface area is 124 Å². The molecule has 0 bridgehead atoms. The SMILES string of the molecule is NC(=O)CC[C@H](NCc1cccc(OC(F)(F)F)c1)C(=O)O. The average Bonchev–Trinajstić information content (AvgIpc) is 2.36. The van der Waals surface area contributed by atoms with Gasteiger partial charge in [0.1, 0.15) is 11.8 Å². The molecule has 9 heteroatoms. The van der Waals surface area contributed by atoms with E-state index in [0.717, 1.165) is 12.1 Å². The molecule has 0 saturated carbocycles. The van der Waals surface area contributed by atoms with Gasteiger partial charge in [0.25, 0.3) is 0 Å². The number of nitrogens with one attached hydrogen (secondary N) is 1. The second kappa shape index (κ2) is 7.64. The summed E-state index contributed by atoms with van der Waals surface area (Å²) in [7, 11) is 0. The maximum Gasteiger partial charge on any atom is 0.573 e. The molecule has 0 saturated heterocycles. The van der Waals surface area contributed by atoms with E-state index >= 15 is 0 Å². The van der Waals surface area contributed by atoms with Crippen molar-refractivity contribution in [2.45, 2.75) is 31.8 Å². The summed E-state index contributed by atoms with van der Waals surface area (Å²) in [5, 5.41) is 11.6. The van der Waals surface area contributed by atoms with Crippen LogP contribution in [0.4, 0.5) is 13.2 Å². The van der Waals surface area contributed by atoms with Gasteiger partial charge in [0, 0.05) is 13.0 Å². The number of carbonyl (C=O) groups excluding carboxylic acids is 1. The van der Waals surface area contributed by atoms with Gasteiger partial charge >= 0.3 is 12.3 Å². The lowest BCUT2D eigenvalue weighted by molar-refractivity contribution is -0.274. The van der Waals surface area contributed by atoms with Crippen LogP contribution in [-0.2, 0) is 16.1 Å². The summed E-state index contributed by atoms with van der Waals surface area (Å²) in [5.74, 6) is -2.20. The van der Waals surface area contributed by atoms with E-state index in [0.29, 0.717) is 5.56 Å². The number of amides is 1. The second-order valence-electron chi connectivity index (χ2n) is 4.47. The van der Waals surface area contributed by atoms with E-state index in [-0.39, 0.29) is 19.4 Å². The largest absolute Gasteiger partial charge is 0.573 e. The third-order valence-corrected chi connectivity index (χ3v) is 2.66. The Kier molecular flexibility index (Phi) is 6.17. The number of alkyl halides is 3. The minimum atomic E-state index is -4.79. The lowest BCUT2D eigenvalue weighted by atomic mass is 10.1. The van der Waals surface area contributed by atoms with Gasteiger partial charge in [0.05, 0.1) is 0 Å². The van der Waals surface area contributed by atoms with Gasteiger partial charge in [0.2, 0.25) is 5.91 Å². The lowest BCUT2D eigenvalue weighted by Crippen LogP contribution is -2.37. The molecule has 1 aromatic rings. The lowest BCUT2D eigenvalue weighted by Gasteiger charge is -2.14. The highest BCUT2D eigenvalue weighted by molar-refractivity contribution is 5.77. The molecule has 0 fully saturated rings. The number of carboxylic acids is 1. The van der Waals surface area contributed by atoms with Crippen LogP contribution in [0, 0.1) is 0 Å². The molecular weight excluding hydrogens is 305 g/mol. The zero-order chi connectivity index (χ0) is 16.8. The number of carbonyl (C=O) groups is 2. The van der Waals surface area contributed by atoms with Crippen molar-refractivity contribution in [1.29, 1.82) is 0 Å². The molecule has 22 heavy (non-hydrogen) atoms. The van der Waals surface area contributed by atoms with Gasteiger partial charge in [-0.3, -0.25) is 9.59 Å². The quantitative estimate of drug-likeness (QED) is 0.672. The number of benzene rings is 1. The molecule has 1 rings (SSSR count). The van der Waals surface area contributed by atoms with E-state index in [1.807, 2.05) is 0 Å². The highest BCUT2D eigenvalue weighted by Crippen LogP contribution is 2.23. The molecule has 6 nitrogen and oxygen atoms in total. The number of primary amides is 1. The van der Waals surface area contributed by atoms with Gasteiger partial charge in [-0.15, -0.1) is 13.2 Å². The van der Waals surface area contributed by atoms with Crippen LogP contribution in [0.15, 0.2) is 24.3 Å². The van der Waals surface area contributed by atoms with Crippen LogP contribution in [0.3, 0.4) is 0 Å². The molecule has 4 N–H and O–H groups in total. The first-order valence-corrected chi connectivity index (χ1v) is 6.26. The highest BCUT2D eigenvalue weighted by atomic mass is 19.4. The van der Waals surface area contributed by atoms with Crippen LogP contribution in [0.1, 0.15) is 18.4 Å². The van der Waals surface area contributed by atoms with Crippen LogP contribution in [0.2, 0.25) is 0 Å². The Balaban J connectivity index is 2.63. The zero-order valence-corrected chi connectivity index (χ0v) is 11.4. The van der Waals surface area contributed by atoms with Crippen molar-refractivity contribution in [3.05, 3.63) is 29.8 Å². The average molecular weight is 320 g/mol. The molecule has 0 radical (unpaired) electrons. The normalized spacial score (nSPS) is 12.7. The smallest absolute Gasteiger partial charge is 0.480 e. The number of rotatable bonds is 8. The van der Waals surface area contributed by atoms with Crippen LogP contribution in [-0.4, -0.2) is 29.4 Å². The number of halogens is 3. The Morgan fingerprint density at radius 3 is 2.59 bits per heavy atom. The molecule has 0 aliphatic heterocycles. The third kappa shape index (κ3) is 6.93. The first-order chi connectivity index (χ1) is 10.2. The molecule has 122 valence electrons. The van der Waals surface area contributed by atoms with E-state index in [4.69, 9.17) is 10.8 Å². The summed E-state index contributed by atoms with van der Waals surface area (Å²) < 4.78 is 40.1. The zero-order valence-electron chi connectivity index (χ0n) is 11.4. The van der Waals surface area contributed by atoms with E-state index in [1.54, 1.807) is 0 Å². The fourth-order valence-electron chi connectivity index (χ4n) is 1.69. The van der Waals surface area contributed by atoms with Crippen molar-refractivity contribution in [3.63, 3.8) is 0 Å². The molecular formula is C13H15F3N2O4. The van der Waals surface area contributed by atoms with Crippen molar-refractivity contribution in [2.75, 3.05) is 0 Å². The molecule has 0 aliphatic carbocycles. The van der Waals surface area contributed by atoms with Crippen molar-refractivity contribution in [2.24, 2.45) is 5.73 Å². The number of aliphatic carboxylic acids is 1. The fourth-order valence-corrected chi connectivity index (χ4v) is 1.69. The summed E-state index contributed by atoms with van der Waals surface area (Å²) in [6, 6.07) is 4.13. The summed E-state index contributed by atoms with van der Waals surface area (Å²) in [6.45, 7) is 0.00475. The van der Waals surface area contributed by atoms with E-state index < -0.39 is 30.0 Å². The predicted octanol–water partition coefficient (Wildman–Crippen LogP) is 1.39. The maximum atomic E-state index is 12.1. The number of hydrogen-bond acceptors (Lipinski definition) is 4. The van der Waals surface area contributed by atoms with Crippen LogP contribution < -0.4 is 15.8 Å². The molecule has 1 aromatic carbocycles. The minimum absolute atomic E-state index is 0.00475. The number of hydrogen-bond donors (Lipinski definition) is 3. The van der Waals surface area contributed by atoms with Gasteiger partial charge in [-0.1, -0.05) is 12.1 Å². The van der Waals surface area contributed by atoms with Gasteiger partial charge < -0.3 is 20.9 Å². The molecule has 0 spiro atoms. The molecule has 1 amide bonds. The van der Waals surface area contributed by atoms with Crippen molar-refractivity contribution in [1.82, 2.24) is 5.32 Å². The molecule has 0 heterocycles. The summed E-state index contributed by atoms with van der Waals surface area (Å²) in [5.41, 5.74) is 5.35. The third-order valence-electron chi connectivity index (χ3n) is 2.66. The van der Waals surface area contributed by atoms with Crippen LogP contribution >= 0.6 is 0 Å². The number of nitrogens with two attached hydrogens (primary N) is 1. The van der Waals surface area contributed by atoms with Crippen molar-refractivity contribution >= 4 is 11.9 Å². The molecule has 1 atom stereocenters. The number of ether oxygens (including phenoxy) is 1.